The molecular formula is C28H32FN3O4S. The van der Waals surface area contributed by atoms with Crippen LogP contribution in [0.1, 0.15) is 30.0 Å². The average molecular weight is 526 g/mol. The second kappa shape index (κ2) is 12.0. The molecule has 3 aromatic rings. The Labute approximate surface area is 218 Å². The SMILES string of the molecule is CC[C@H](C(=O)NC)N(Cc1ccc(C)cc1)C(=O)CN(c1ccc(C)cc1)S(=O)(=O)c1ccc(F)cc1. The number of nitrogens with one attached hydrogen (secondary N) is 1. The molecular weight excluding hydrogens is 493 g/mol. The number of anilines is 1. The van der Waals surface area contributed by atoms with Gasteiger partial charge >= 0.3 is 0 Å². The number of aryl methyl sites for hydroxylation is 2. The minimum atomic E-state index is -4.23. The van der Waals surface area contributed by atoms with Crippen LogP contribution in [0.5, 0.6) is 0 Å². The Morgan fingerprint density at radius 1 is 0.892 bits per heavy atom. The van der Waals surface area contributed by atoms with Gasteiger partial charge < -0.3 is 10.2 Å². The van der Waals surface area contributed by atoms with Gasteiger partial charge in [0.1, 0.15) is 18.4 Å². The highest BCUT2D eigenvalue weighted by Crippen LogP contribution is 2.25. The first-order chi connectivity index (χ1) is 17.6. The number of sulfonamides is 1. The fourth-order valence-corrected chi connectivity index (χ4v) is 5.36. The molecule has 3 rings (SSSR count). The van der Waals surface area contributed by atoms with E-state index < -0.39 is 34.3 Å². The Bertz CT molecular complexity index is 1330. The summed E-state index contributed by atoms with van der Waals surface area (Å²) in [6.45, 7) is 5.20. The van der Waals surface area contributed by atoms with Crippen LogP contribution < -0.4 is 9.62 Å². The molecule has 9 heteroatoms. The second-order valence-electron chi connectivity index (χ2n) is 8.85. The van der Waals surface area contributed by atoms with Gasteiger partial charge in [0.25, 0.3) is 10.0 Å². The lowest BCUT2D eigenvalue weighted by atomic mass is 10.1. The molecule has 0 aliphatic rings. The maximum absolute atomic E-state index is 13.8. The monoisotopic (exact) mass is 525 g/mol. The second-order valence-corrected chi connectivity index (χ2v) is 10.7. The number of carbonyl (C=O) groups is 2. The molecule has 1 N–H and O–H groups in total. The van der Waals surface area contributed by atoms with E-state index in [1.807, 2.05) is 38.1 Å². The molecule has 2 amide bonds. The summed E-state index contributed by atoms with van der Waals surface area (Å²) in [5.74, 6) is -1.45. The molecule has 0 fully saturated rings. The van der Waals surface area contributed by atoms with Crippen molar-refractivity contribution < 1.29 is 22.4 Å². The fourth-order valence-electron chi connectivity index (χ4n) is 3.95. The molecule has 1 atom stereocenters. The fraction of sp³-hybridized carbons (Fsp3) is 0.286. The van der Waals surface area contributed by atoms with E-state index in [9.17, 15) is 22.4 Å². The van der Waals surface area contributed by atoms with Crippen molar-refractivity contribution in [2.45, 2.75) is 44.7 Å². The van der Waals surface area contributed by atoms with E-state index in [-0.39, 0.29) is 23.0 Å². The Kier molecular flexibility index (Phi) is 9.04. The highest BCUT2D eigenvalue weighted by atomic mass is 32.2. The highest BCUT2D eigenvalue weighted by molar-refractivity contribution is 7.92. The molecule has 0 aliphatic carbocycles. The zero-order valence-corrected chi connectivity index (χ0v) is 22.3. The van der Waals surface area contributed by atoms with Gasteiger partial charge in [-0.25, -0.2) is 12.8 Å². The molecule has 3 aromatic carbocycles. The number of likely N-dealkylation sites (N-methyl/N-ethyl adjacent to an activating group) is 1. The topological polar surface area (TPSA) is 86.8 Å². The summed E-state index contributed by atoms with van der Waals surface area (Å²) in [7, 11) is -2.73. The summed E-state index contributed by atoms with van der Waals surface area (Å²) >= 11 is 0. The Hall–Kier alpha value is -3.72. The van der Waals surface area contributed by atoms with Gasteiger partial charge in [0.15, 0.2) is 0 Å². The molecule has 0 unspecified atom stereocenters. The Morgan fingerprint density at radius 3 is 1.95 bits per heavy atom. The standard InChI is InChI=1S/C28H32FN3O4S/c1-5-26(28(34)30-4)31(18-22-10-6-20(2)7-11-22)27(33)19-32(24-14-8-21(3)9-15-24)37(35,36)25-16-12-23(29)13-17-25/h6-17,26H,5,18-19H2,1-4H3,(H,30,34)/t26-/m1/s1. The van der Waals surface area contributed by atoms with Crippen LogP contribution in [0.4, 0.5) is 10.1 Å². The van der Waals surface area contributed by atoms with Gasteiger partial charge in [-0.15, -0.1) is 0 Å². The third kappa shape index (κ3) is 6.74. The Balaban J connectivity index is 2.04. The zero-order valence-electron chi connectivity index (χ0n) is 21.4. The summed E-state index contributed by atoms with van der Waals surface area (Å²) in [6, 6.07) is 18.0. The van der Waals surface area contributed by atoms with Gasteiger partial charge in [0.2, 0.25) is 11.8 Å². The molecule has 0 radical (unpaired) electrons. The van der Waals surface area contributed by atoms with Crippen LogP contribution in [-0.4, -0.2) is 44.8 Å². The molecule has 37 heavy (non-hydrogen) atoms. The predicted molar refractivity (Wildman–Crippen MR) is 142 cm³/mol. The van der Waals surface area contributed by atoms with Gasteiger partial charge in [0, 0.05) is 13.6 Å². The smallest absolute Gasteiger partial charge is 0.264 e. The van der Waals surface area contributed by atoms with Crippen LogP contribution in [-0.2, 0) is 26.2 Å². The van der Waals surface area contributed by atoms with Gasteiger partial charge in [-0.05, 0) is 62.2 Å². The minimum Gasteiger partial charge on any atom is -0.357 e. The number of hydrogen-bond acceptors (Lipinski definition) is 4. The lowest BCUT2D eigenvalue weighted by molar-refractivity contribution is -0.140. The first-order valence-electron chi connectivity index (χ1n) is 12.0. The van der Waals surface area contributed by atoms with E-state index >= 15 is 0 Å². The zero-order chi connectivity index (χ0) is 27.2. The van der Waals surface area contributed by atoms with Crippen molar-refractivity contribution in [2.75, 3.05) is 17.9 Å². The highest BCUT2D eigenvalue weighted by Gasteiger charge is 2.33. The summed E-state index contributed by atoms with van der Waals surface area (Å²) in [6.07, 6.45) is 0.340. The van der Waals surface area contributed by atoms with Crippen LogP contribution in [0.3, 0.4) is 0 Å². The summed E-state index contributed by atoms with van der Waals surface area (Å²) in [5.41, 5.74) is 3.06. The molecule has 196 valence electrons. The van der Waals surface area contributed by atoms with Crippen LogP contribution >= 0.6 is 0 Å². The van der Waals surface area contributed by atoms with Gasteiger partial charge in [-0.3, -0.25) is 13.9 Å². The normalized spacial score (nSPS) is 12.0. The van der Waals surface area contributed by atoms with E-state index in [0.29, 0.717) is 6.42 Å². The van der Waals surface area contributed by atoms with Gasteiger partial charge in [0.05, 0.1) is 10.6 Å². The van der Waals surface area contributed by atoms with E-state index in [1.165, 1.54) is 24.1 Å². The van der Waals surface area contributed by atoms with Gasteiger partial charge in [-0.1, -0.05) is 54.4 Å². The van der Waals surface area contributed by atoms with Crippen LogP contribution in [0.25, 0.3) is 0 Å². The Morgan fingerprint density at radius 2 is 1.43 bits per heavy atom. The molecule has 0 heterocycles. The van der Waals surface area contributed by atoms with Crippen molar-refractivity contribution in [2.24, 2.45) is 0 Å². The van der Waals surface area contributed by atoms with Crippen molar-refractivity contribution in [3.63, 3.8) is 0 Å². The summed E-state index contributed by atoms with van der Waals surface area (Å²) in [4.78, 5) is 27.8. The molecule has 0 bridgehead atoms. The maximum Gasteiger partial charge on any atom is 0.264 e. The number of rotatable bonds is 10. The number of carbonyl (C=O) groups excluding carboxylic acids is 2. The molecule has 0 saturated heterocycles. The molecule has 7 nitrogen and oxygen atoms in total. The number of hydrogen-bond donors (Lipinski definition) is 1. The van der Waals surface area contributed by atoms with Crippen LogP contribution in [0.2, 0.25) is 0 Å². The van der Waals surface area contributed by atoms with Crippen molar-refractivity contribution in [3.05, 3.63) is 95.3 Å². The van der Waals surface area contributed by atoms with Crippen molar-refractivity contribution >= 4 is 27.5 Å². The third-order valence-electron chi connectivity index (χ3n) is 6.11. The molecule has 0 aliphatic heterocycles. The first kappa shape index (κ1) is 27.9. The van der Waals surface area contributed by atoms with E-state index in [4.69, 9.17) is 0 Å². The average Bonchev–Trinajstić information content (AvgIpc) is 2.88. The third-order valence-corrected chi connectivity index (χ3v) is 7.90. The minimum absolute atomic E-state index is 0.128. The summed E-state index contributed by atoms with van der Waals surface area (Å²) in [5, 5.41) is 2.60. The van der Waals surface area contributed by atoms with Crippen molar-refractivity contribution in [3.8, 4) is 0 Å². The van der Waals surface area contributed by atoms with Crippen LogP contribution in [0.15, 0.2) is 77.7 Å². The van der Waals surface area contributed by atoms with E-state index in [0.717, 1.165) is 33.1 Å². The molecule has 0 saturated carbocycles. The molecule has 0 spiro atoms. The lowest BCUT2D eigenvalue weighted by Gasteiger charge is -2.33. The van der Waals surface area contributed by atoms with Gasteiger partial charge in [-0.2, -0.15) is 0 Å². The predicted octanol–water partition coefficient (Wildman–Crippen LogP) is 4.19. The largest absolute Gasteiger partial charge is 0.357 e. The van der Waals surface area contributed by atoms with Crippen molar-refractivity contribution in [1.29, 1.82) is 0 Å². The maximum atomic E-state index is 13.8. The van der Waals surface area contributed by atoms with Crippen molar-refractivity contribution in [1.82, 2.24) is 10.2 Å². The van der Waals surface area contributed by atoms with Crippen LogP contribution in [0, 0.1) is 19.7 Å². The number of nitrogens with zero attached hydrogens (tertiary/aromatic N) is 2. The van der Waals surface area contributed by atoms with E-state index in [2.05, 4.69) is 5.32 Å². The lowest BCUT2D eigenvalue weighted by Crippen LogP contribution is -2.51. The van der Waals surface area contributed by atoms with E-state index in [1.54, 1.807) is 31.2 Å². The molecule has 0 aromatic heterocycles. The summed E-state index contributed by atoms with van der Waals surface area (Å²) < 4.78 is 41.9. The number of halogens is 1. The quantitative estimate of drug-likeness (QED) is 0.430. The first-order valence-corrected chi connectivity index (χ1v) is 13.4. The number of benzene rings is 3. The number of amides is 2.